The molecule has 0 aliphatic carbocycles. The maximum absolute atomic E-state index is 10.7. The van der Waals surface area contributed by atoms with Crippen LogP contribution in [0.1, 0.15) is 16.1 Å². The Hall–Kier alpha value is -2.54. The molecular formula is C12H7NO3. The molecule has 0 radical (unpaired) electrons. The van der Waals surface area contributed by atoms with Gasteiger partial charge in [0.25, 0.3) is 0 Å². The Morgan fingerprint density at radius 3 is 2.50 bits per heavy atom. The minimum Gasteiger partial charge on any atom is -0.478 e. The summed E-state index contributed by atoms with van der Waals surface area (Å²) >= 11 is 0. The Labute approximate surface area is 91.4 Å². The van der Waals surface area contributed by atoms with Gasteiger partial charge in [-0.15, -0.1) is 0 Å². The van der Waals surface area contributed by atoms with Crippen molar-refractivity contribution in [3.8, 4) is 17.2 Å². The van der Waals surface area contributed by atoms with E-state index in [0.29, 0.717) is 5.56 Å². The van der Waals surface area contributed by atoms with Gasteiger partial charge in [0.2, 0.25) is 5.76 Å². The lowest BCUT2D eigenvalue weighted by Gasteiger charge is -1.98. The monoisotopic (exact) mass is 213 g/mol. The number of aromatic carboxylic acids is 1. The number of hydrogen-bond acceptors (Lipinski definition) is 3. The molecule has 0 atom stereocenters. The van der Waals surface area contributed by atoms with Crippen LogP contribution in [0.15, 0.2) is 41.0 Å². The van der Waals surface area contributed by atoms with Crippen molar-refractivity contribution >= 4 is 5.97 Å². The molecule has 1 aromatic heterocycles. The van der Waals surface area contributed by atoms with E-state index < -0.39 is 5.97 Å². The predicted octanol–water partition coefficient (Wildman–Crippen LogP) is 2.52. The van der Waals surface area contributed by atoms with E-state index in [4.69, 9.17) is 14.8 Å². The largest absolute Gasteiger partial charge is 0.478 e. The van der Waals surface area contributed by atoms with Gasteiger partial charge in [0.1, 0.15) is 6.07 Å². The van der Waals surface area contributed by atoms with E-state index in [-0.39, 0.29) is 11.3 Å². The number of carboxylic acid groups (broad SMARTS) is 1. The molecular weight excluding hydrogens is 206 g/mol. The summed E-state index contributed by atoms with van der Waals surface area (Å²) in [7, 11) is 0. The smallest absolute Gasteiger partial charge is 0.335 e. The Balaban J connectivity index is 2.43. The molecule has 0 spiro atoms. The topological polar surface area (TPSA) is 74.2 Å². The standard InChI is InChI=1S/C12H7NO3/c13-7-11-10(5-6-16-11)8-1-3-9(4-2-8)12(14)15/h1-6H,(H,14,15). The van der Waals surface area contributed by atoms with Crippen LogP contribution in [-0.2, 0) is 0 Å². The van der Waals surface area contributed by atoms with E-state index in [9.17, 15) is 4.79 Å². The number of rotatable bonds is 2. The summed E-state index contributed by atoms with van der Waals surface area (Å²) in [6, 6.07) is 9.88. The summed E-state index contributed by atoms with van der Waals surface area (Å²) in [5.74, 6) is -0.748. The fraction of sp³-hybridized carbons (Fsp3) is 0. The first kappa shape index (κ1) is 9.99. The molecule has 0 amide bonds. The van der Waals surface area contributed by atoms with Gasteiger partial charge in [-0.3, -0.25) is 0 Å². The summed E-state index contributed by atoms with van der Waals surface area (Å²) in [5.41, 5.74) is 1.64. The molecule has 4 nitrogen and oxygen atoms in total. The van der Waals surface area contributed by atoms with Crippen molar-refractivity contribution in [2.75, 3.05) is 0 Å². The number of furan rings is 1. The highest BCUT2D eigenvalue weighted by Gasteiger charge is 2.08. The van der Waals surface area contributed by atoms with Crippen LogP contribution in [0.25, 0.3) is 11.1 Å². The van der Waals surface area contributed by atoms with Gasteiger partial charge in [-0.25, -0.2) is 4.79 Å². The van der Waals surface area contributed by atoms with Crippen molar-refractivity contribution in [3.63, 3.8) is 0 Å². The molecule has 4 heteroatoms. The van der Waals surface area contributed by atoms with Crippen LogP contribution in [0.3, 0.4) is 0 Å². The first-order valence-electron chi connectivity index (χ1n) is 4.53. The summed E-state index contributed by atoms with van der Waals surface area (Å²) < 4.78 is 4.97. The van der Waals surface area contributed by atoms with Crippen molar-refractivity contribution in [2.45, 2.75) is 0 Å². The second kappa shape index (κ2) is 3.91. The number of hydrogen-bond donors (Lipinski definition) is 1. The van der Waals surface area contributed by atoms with Crippen LogP contribution in [0.4, 0.5) is 0 Å². The fourth-order valence-electron chi connectivity index (χ4n) is 1.42. The Morgan fingerprint density at radius 2 is 1.94 bits per heavy atom. The number of carboxylic acids is 1. The van der Waals surface area contributed by atoms with Gasteiger partial charge in [-0.1, -0.05) is 12.1 Å². The van der Waals surface area contributed by atoms with Gasteiger partial charge in [0, 0.05) is 5.56 Å². The maximum atomic E-state index is 10.7. The molecule has 0 unspecified atom stereocenters. The van der Waals surface area contributed by atoms with Gasteiger partial charge in [0.15, 0.2) is 0 Å². The van der Waals surface area contributed by atoms with Crippen LogP contribution < -0.4 is 0 Å². The van der Waals surface area contributed by atoms with Crippen LogP contribution >= 0.6 is 0 Å². The summed E-state index contributed by atoms with van der Waals surface area (Å²) in [4.78, 5) is 10.7. The lowest BCUT2D eigenvalue weighted by molar-refractivity contribution is 0.0697. The third-order valence-electron chi connectivity index (χ3n) is 2.21. The molecule has 0 aliphatic rings. The Morgan fingerprint density at radius 1 is 1.25 bits per heavy atom. The van der Waals surface area contributed by atoms with Crippen LogP contribution in [0, 0.1) is 11.3 Å². The molecule has 0 aliphatic heterocycles. The van der Waals surface area contributed by atoms with E-state index in [0.717, 1.165) is 5.56 Å². The average Bonchev–Trinajstić information content (AvgIpc) is 2.77. The lowest BCUT2D eigenvalue weighted by Crippen LogP contribution is -1.94. The van der Waals surface area contributed by atoms with Gasteiger partial charge in [-0.05, 0) is 23.8 Å². The Bertz CT molecular complexity index is 561. The Kier molecular flexibility index (Phi) is 2.44. The second-order valence-electron chi connectivity index (χ2n) is 3.16. The highest BCUT2D eigenvalue weighted by Crippen LogP contribution is 2.24. The van der Waals surface area contributed by atoms with E-state index in [1.165, 1.54) is 18.4 Å². The molecule has 0 saturated heterocycles. The third-order valence-corrected chi connectivity index (χ3v) is 2.21. The summed E-state index contributed by atoms with van der Waals surface area (Å²) in [6.45, 7) is 0. The molecule has 0 bridgehead atoms. The van der Waals surface area contributed by atoms with Crippen LogP contribution in [0.5, 0.6) is 0 Å². The highest BCUT2D eigenvalue weighted by molar-refractivity contribution is 5.88. The van der Waals surface area contributed by atoms with Gasteiger partial charge >= 0.3 is 5.97 Å². The zero-order chi connectivity index (χ0) is 11.5. The normalized spacial score (nSPS) is 9.69. The van der Waals surface area contributed by atoms with Gasteiger partial charge in [0.05, 0.1) is 11.8 Å². The van der Waals surface area contributed by atoms with Gasteiger partial charge in [-0.2, -0.15) is 5.26 Å². The molecule has 2 aromatic rings. The van der Waals surface area contributed by atoms with Crippen LogP contribution in [-0.4, -0.2) is 11.1 Å². The third kappa shape index (κ3) is 1.66. The first-order valence-corrected chi connectivity index (χ1v) is 4.53. The molecule has 1 heterocycles. The van der Waals surface area contributed by atoms with E-state index in [1.807, 2.05) is 6.07 Å². The molecule has 0 fully saturated rings. The summed E-state index contributed by atoms with van der Waals surface area (Å²) in [6.07, 6.45) is 1.43. The molecule has 1 aromatic carbocycles. The quantitative estimate of drug-likeness (QED) is 0.831. The lowest BCUT2D eigenvalue weighted by atomic mass is 10.0. The van der Waals surface area contributed by atoms with Crippen molar-refractivity contribution in [1.29, 1.82) is 5.26 Å². The van der Waals surface area contributed by atoms with Crippen molar-refractivity contribution in [3.05, 3.63) is 47.9 Å². The van der Waals surface area contributed by atoms with E-state index >= 15 is 0 Å². The van der Waals surface area contributed by atoms with Crippen molar-refractivity contribution in [1.82, 2.24) is 0 Å². The molecule has 16 heavy (non-hydrogen) atoms. The number of nitriles is 1. The average molecular weight is 213 g/mol. The first-order chi connectivity index (χ1) is 7.72. The van der Waals surface area contributed by atoms with E-state index in [1.54, 1.807) is 18.2 Å². The molecule has 2 rings (SSSR count). The summed E-state index contributed by atoms with van der Waals surface area (Å²) in [5, 5.41) is 17.5. The fourth-order valence-corrected chi connectivity index (χ4v) is 1.42. The second-order valence-corrected chi connectivity index (χ2v) is 3.16. The zero-order valence-electron chi connectivity index (χ0n) is 8.18. The molecule has 78 valence electrons. The van der Waals surface area contributed by atoms with Crippen molar-refractivity contribution < 1.29 is 14.3 Å². The molecule has 1 N–H and O–H groups in total. The predicted molar refractivity (Wildman–Crippen MR) is 55.8 cm³/mol. The minimum absolute atomic E-state index is 0.214. The number of benzene rings is 1. The number of nitrogens with zero attached hydrogens (tertiary/aromatic N) is 1. The highest BCUT2D eigenvalue weighted by atomic mass is 16.4. The minimum atomic E-state index is -0.973. The van der Waals surface area contributed by atoms with Crippen molar-refractivity contribution in [2.24, 2.45) is 0 Å². The zero-order valence-corrected chi connectivity index (χ0v) is 8.18. The van der Waals surface area contributed by atoms with E-state index in [2.05, 4.69) is 0 Å². The van der Waals surface area contributed by atoms with Gasteiger partial charge < -0.3 is 9.52 Å². The maximum Gasteiger partial charge on any atom is 0.335 e. The van der Waals surface area contributed by atoms with Crippen LogP contribution in [0.2, 0.25) is 0 Å². The SMILES string of the molecule is N#Cc1occc1-c1ccc(C(=O)O)cc1. The number of carbonyl (C=O) groups is 1. The molecule has 0 saturated carbocycles.